The van der Waals surface area contributed by atoms with E-state index < -0.39 is 6.04 Å². The summed E-state index contributed by atoms with van der Waals surface area (Å²) in [5.41, 5.74) is 3.37. The summed E-state index contributed by atoms with van der Waals surface area (Å²) in [6, 6.07) is 11.0. The van der Waals surface area contributed by atoms with Crippen LogP contribution in [-0.2, 0) is 11.3 Å². The van der Waals surface area contributed by atoms with Crippen LogP contribution in [0.1, 0.15) is 61.6 Å². The molecule has 7 nitrogen and oxygen atoms in total. The first-order chi connectivity index (χ1) is 15.7. The largest absolute Gasteiger partial charge is 0.493 e. The predicted octanol–water partition coefficient (Wildman–Crippen LogP) is 4.39. The van der Waals surface area contributed by atoms with Crippen molar-refractivity contribution in [2.24, 2.45) is 5.41 Å². The number of anilines is 1. The van der Waals surface area contributed by atoms with Gasteiger partial charge in [0.15, 0.2) is 11.5 Å². The normalized spacial score (nSPS) is 14.0. The van der Waals surface area contributed by atoms with E-state index in [0.29, 0.717) is 30.2 Å². The summed E-state index contributed by atoms with van der Waals surface area (Å²) in [4.78, 5) is 27.9. The van der Waals surface area contributed by atoms with Crippen LogP contribution in [0.15, 0.2) is 36.4 Å². The van der Waals surface area contributed by atoms with Crippen LogP contribution < -0.4 is 20.1 Å². The van der Waals surface area contributed by atoms with Gasteiger partial charge in [-0.15, -0.1) is 0 Å². The van der Waals surface area contributed by atoms with Gasteiger partial charge < -0.3 is 25.0 Å². The molecule has 1 atom stereocenters. The molecule has 1 unspecified atom stereocenters. The number of benzene rings is 2. The number of amides is 2. The zero-order chi connectivity index (χ0) is 24.2. The maximum absolute atomic E-state index is 13.7. The van der Waals surface area contributed by atoms with Crippen molar-refractivity contribution in [1.82, 2.24) is 10.2 Å². The van der Waals surface area contributed by atoms with Gasteiger partial charge in [0.05, 0.1) is 31.7 Å². The first kappa shape index (κ1) is 24.4. The topological polar surface area (TPSA) is 79.9 Å². The molecular weight excluding hydrogens is 418 g/mol. The first-order valence-electron chi connectivity index (χ1n) is 11.4. The Bertz CT molecular complexity index is 1010. The van der Waals surface area contributed by atoms with E-state index >= 15 is 0 Å². The molecule has 2 amide bonds. The summed E-state index contributed by atoms with van der Waals surface area (Å²) < 4.78 is 11.2. The Morgan fingerprint density at radius 1 is 1.18 bits per heavy atom. The lowest BCUT2D eigenvalue weighted by atomic mass is 9.96. The molecule has 0 spiro atoms. The molecule has 0 aliphatic carbocycles. The molecule has 3 rings (SSSR count). The second-order valence-electron chi connectivity index (χ2n) is 9.42. The molecule has 0 fully saturated rings. The van der Waals surface area contributed by atoms with E-state index in [2.05, 4.69) is 31.4 Å². The molecule has 0 saturated heterocycles. The molecule has 0 radical (unpaired) electrons. The SMILES string of the molecule is CCOc1cc(C(CC(=O)NC)N2Cc3cccc(NCC(C)(C)C)c3C2=O)ccc1OC. The van der Waals surface area contributed by atoms with Crippen LogP contribution in [0.5, 0.6) is 11.5 Å². The van der Waals surface area contributed by atoms with Gasteiger partial charge in [-0.05, 0) is 41.7 Å². The van der Waals surface area contributed by atoms with Crippen molar-refractivity contribution in [3.8, 4) is 11.5 Å². The van der Waals surface area contributed by atoms with Crippen molar-refractivity contribution in [2.75, 3.05) is 32.6 Å². The first-order valence-corrected chi connectivity index (χ1v) is 11.4. The molecule has 7 heteroatoms. The highest BCUT2D eigenvalue weighted by Gasteiger charge is 2.36. The highest BCUT2D eigenvalue weighted by atomic mass is 16.5. The molecular formula is C26H35N3O4. The van der Waals surface area contributed by atoms with Crippen LogP contribution in [0.4, 0.5) is 5.69 Å². The zero-order valence-electron chi connectivity index (χ0n) is 20.5. The minimum atomic E-state index is -0.439. The number of fused-ring (bicyclic) bond motifs is 1. The average Bonchev–Trinajstić information content (AvgIpc) is 3.12. The standard InChI is InChI=1S/C26H35N3O4/c1-7-33-22-13-17(11-12-21(22)32-6)20(14-23(30)27-5)29-15-18-9-8-10-19(24(18)25(29)31)28-16-26(2,3)4/h8-13,20,28H,7,14-16H2,1-6H3,(H,27,30). The molecule has 0 aromatic heterocycles. The van der Waals surface area contributed by atoms with E-state index in [1.165, 1.54) is 0 Å². The number of nitrogens with one attached hydrogen (secondary N) is 2. The lowest BCUT2D eigenvalue weighted by Gasteiger charge is -2.28. The summed E-state index contributed by atoms with van der Waals surface area (Å²) >= 11 is 0. The molecule has 2 aromatic carbocycles. The van der Waals surface area contributed by atoms with E-state index in [9.17, 15) is 9.59 Å². The minimum absolute atomic E-state index is 0.0740. The summed E-state index contributed by atoms with van der Waals surface area (Å²) in [5.74, 6) is 0.994. The van der Waals surface area contributed by atoms with Crippen LogP contribution >= 0.6 is 0 Å². The molecule has 0 saturated carbocycles. The van der Waals surface area contributed by atoms with E-state index in [-0.39, 0.29) is 23.7 Å². The zero-order valence-corrected chi connectivity index (χ0v) is 20.5. The van der Waals surface area contributed by atoms with E-state index in [1.807, 2.05) is 43.3 Å². The number of rotatable bonds is 9. The van der Waals surface area contributed by atoms with Gasteiger partial charge in [0.25, 0.3) is 5.91 Å². The number of hydrogen-bond acceptors (Lipinski definition) is 5. The van der Waals surface area contributed by atoms with Crippen LogP contribution in [0, 0.1) is 5.41 Å². The van der Waals surface area contributed by atoms with Crippen molar-refractivity contribution in [3.63, 3.8) is 0 Å². The maximum Gasteiger partial charge on any atom is 0.257 e. The smallest absolute Gasteiger partial charge is 0.257 e. The quantitative estimate of drug-likeness (QED) is 0.589. The van der Waals surface area contributed by atoms with Gasteiger partial charge in [-0.3, -0.25) is 9.59 Å². The van der Waals surface area contributed by atoms with Gasteiger partial charge in [0, 0.05) is 25.8 Å². The molecule has 2 N–H and O–H groups in total. The Morgan fingerprint density at radius 2 is 1.94 bits per heavy atom. The molecule has 178 valence electrons. The summed E-state index contributed by atoms with van der Waals surface area (Å²) in [6.07, 6.45) is 0.152. The fourth-order valence-electron chi connectivity index (χ4n) is 4.00. The second kappa shape index (κ2) is 10.1. The Kier molecular flexibility index (Phi) is 7.51. The monoisotopic (exact) mass is 453 g/mol. The third-order valence-corrected chi connectivity index (χ3v) is 5.68. The van der Waals surface area contributed by atoms with E-state index in [1.54, 1.807) is 19.1 Å². The molecule has 2 aromatic rings. The van der Waals surface area contributed by atoms with E-state index in [0.717, 1.165) is 23.4 Å². The van der Waals surface area contributed by atoms with Gasteiger partial charge in [-0.1, -0.05) is 39.0 Å². The van der Waals surface area contributed by atoms with Crippen molar-refractivity contribution in [2.45, 2.75) is 46.7 Å². The van der Waals surface area contributed by atoms with Crippen LogP contribution in [0.2, 0.25) is 0 Å². The Balaban J connectivity index is 1.98. The maximum atomic E-state index is 13.7. The van der Waals surface area contributed by atoms with Gasteiger partial charge >= 0.3 is 0 Å². The van der Waals surface area contributed by atoms with Gasteiger partial charge in [0.1, 0.15) is 0 Å². The van der Waals surface area contributed by atoms with Crippen molar-refractivity contribution in [1.29, 1.82) is 0 Å². The average molecular weight is 454 g/mol. The highest BCUT2D eigenvalue weighted by Crippen LogP contribution is 2.39. The number of ether oxygens (including phenoxy) is 2. The lowest BCUT2D eigenvalue weighted by Crippen LogP contribution is -2.33. The molecule has 1 aliphatic rings. The Morgan fingerprint density at radius 3 is 2.58 bits per heavy atom. The van der Waals surface area contributed by atoms with Crippen LogP contribution in [0.3, 0.4) is 0 Å². The minimum Gasteiger partial charge on any atom is -0.493 e. The highest BCUT2D eigenvalue weighted by molar-refractivity contribution is 6.04. The summed E-state index contributed by atoms with van der Waals surface area (Å²) in [5, 5.41) is 6.13. The molecule has 33 heavy (non-hydrogen) atoms. The summed E-state index contributed by atoms with van der Waals surface area (Å²) in [7, 11) is 3.19. The lowest BCUT2D eigenvalue weighted by molar-refractivity contribution is -0.121. The van der Waals surface area contributed by atoms with Crippen molar-refractivity contribution in [3.05, 3.63) is 53.1 Å². The summed E-state index contributed by atoms with van der Waals surface area (Å²) in [6.45, 7) is 10.0. The van der Waals surface area contributed by atoms with E-state index in [4.69, 9.17) is 9.47 Å². The fraction of sp³-hybridized carbons (Fsp3) is 0.462. The Hall–Kier alpha value is -3.22. The number of carbonyl (C=O) groups is 2. The number of methoxy groups -OCH3 is 1. The number of carbonyl (C=O) groups excluding carboxylic acids is 2. The van der Waals surface area contributed by atoms with Gasteiger partial charge in [-0.25, -0.2) is 0 Å². The Labute approximate surface area is 196 Å². The van der Waals surface area contributed by atoms with Gasteiger partial charge in [0.2, 0.25) is 5.91 Å². The molecule has 0 bridgehead atoms. The van der Waals surface area contributed by atoms with Crippen LogP contribution in [0.25, 0.3) is 0 Å². The van der Waals surface area contributed by atoms with Crippen LogP contribution in [-0.4, -0.2) is 44.0 Å². The van der Waals surface area contributed by atoms with Crippen molar-refractivity contribution >= 4 is 17.5 Å². The van der Waals surface area contributed by atoms with Crippen molar-refractivity contribution < 1.29 is 19.1 Å². The number of nitrogens with zero attached hydrogens (tertiary/aromatic N) is 1. The molecule has 1 aliphatic heterocycles. The third-order valence-electron chi connectivity index (χ3n) is 5.68. The number of hydrogen-bond donors (Lipinski definition) is 2. The second-order valence-corrected chi connectivity index (χ2v) is 9.42. The predicted molar refractivity (Wildman–Crippen MR) is 130 cm³/mol. The third kappa shape index (κ3) is 5.59. The molecule has 1 heterocycles. The fourth-order valence-corrected chi connectivity index (χ4v) is 4.00. The van der Waals surface area contributed by atoms with Gasteiger partial charge in [-0.2, -0.15) is 0 Å².